The molecule has 0 aliphatic carbocycles. The fraction of sp³-hybridized carbons (Fsp3) is 0.375. The molecule has 2 N–H and O–H groups in total. The number of nitrogens with one attached hydrogen (secondary N) is 2. The molecule has 0 spiro atoms. The number of para-hydroxylation sites is 2. The van der Waals surface area contributed by atoms with Gasteiger partial charge in [-0.3, -0.25) is 4.79 Å². The Morgan fingerprint density at radius 2 is 2.14 bits per heavy atom. The highest BCUT2D eigenvalue weighted by Crippen LogP contribution is 2.23. The fourth-order valence-electron chi connectivity index (χ4n) is 1.63. The lowest BCUT2D eigenvalue weighted by atomic mass is 10.1. The molecule has 0 aromatic heterocycles. The van der Waals surface area contributed by atoms with Crippen LogP contribution in [0.25, 0.3) is 0 Å². The first-order valence-corrected chi connectivity index (χ1v) is 6.86. The molecule has 0 aliphatic rings. The second-order valence-corrected chi connectivity index (χ2v) is 4.96. The van der Waals surface area contributed by atoms with Crippen LogP contribution in [-0.4, -0.2) is 19.6 Å². The van der Waals surface area contributed by atoms with Crippen molar-refractivity contribution in [3.63, 3.8) is 0 Å². The number of nitrogens with zero attached hydrogens (tertiary/aromatic N) is 1. The lowest BCUT2D eigenvalue weighted by Gasteiger charge is -2.09. The minimum absolute atomic E-state index is 0.0321. The molecule has 0 heterocycles. The first kappa shape index (κ1) is 16.6. The maximum Gasteiger partial charge on any atom is 0.267 e. The van der Waals surface area contributed by atoms with Crippen molar-refractivity contribution in [2.24, 2.45) is 5.92 Å². The first-order chi connectivity index (χ1) is 10.1. The zero-order valence-electron chi connectivity index (χ0n) is 12.6. The number of anilines is 1. The molecule has 0 atom stereocenters. The smallest absolute Gasteiger partial charge is 0.267 e. The minimum atomic E-state index is -0.459. The van der Waals surface area contributed by atoms with E-state index in [1.807, 2.05) is 12.1 Å². The van der Waals surface area contributed by atoms with Crippen molar-refractivity contribution >= 4 is 11.6 Å². The molecule has 0 saturated carbocycles. The van der Waals surface area contributed by atoms with Gasteiger partial charge in [-0.25, -0.2) is 0 Å². The van der Waals surface area contributed by atoms with E-state index in [9.17, 15) is 4.79 Å². The monoisotopic (exact) mass is 287 g/mol. The van der Waals surface area contributed by atoms with Gasteiger partial charge in [-0.2, -0.15) is 5.26 Å². The number of rotatable bonds is 7. The van der Waals surface area contributed by atoms with Crippen LogP contribution in [0.5, 0.6) is 5.75 Å². The van der Waals surface area contributed by atoms with Gasteiger partial charge in [0.25, 0.3) is 5.91 Å². The molecule has 5 heteroatoms. The van der Waals surface area contributed by atoms with Gasteiger partial charge in [0.2, 0.25) is 0 Å². The molecule has 1 aromatic carbocycles. The van der Waals surface area contributed by atoms with Gasteiger partial charge in [0.15, 0.2) is 0 Å². The predicted molar refractivity (Wildman–Crippen MR) is 82.8 cm³/mol. The third-order valence-corrected chi connectivity index (χ3v) is 2.83. The Kier molecular flexibility index (Phi) is 6.82. The van der Waals surface area contributed by atoms with Gasteiger partial charge in [-0.15, -0.1) is 0 Å². The van der Waals surface area contributed by atoms with Crippen LogP contribution >= 0.6 is 0 Å². The Morgan fingerprint density at radius 1 is 1.43 bits per heavy atom. The number of carbonyl (C=O) groups is 1. The molecule has 21 heavy (non-hydrogen) atoms. The molecule has 0 radical (unpaired) electrons. The molecule has 5 nitrogen and oxygen atoms in total. The maximum atomic E-state index is 12.0. The van der Waals surface area contributed by atoms with Crippen molar-refractivity contribution in [2.75, 3.05) is 19.0 Å². The molecule has 0 fully saturated rings. The van der Waals surface area contributed by atoms with E-state index in [2.05, 4.69) is 24.5 Å². The van der Waals surface area contributed by atoms with Crippen LogP contribution < -0.4 is 15.4 Å². The molecular formula is C16H21N3O2. The summed E-state index contributed by atoms with van der Waals surface area (Å²) in [6, 6.07) is 8.95. The van der Waals surface area contributed by atoms with Crippen LogP contribution in [0, 0.1) is 17.2 Å². The van der Waals surface area contributed by atoms with Crippen LogP contribution in [-0.2, 0) is 4.79 Å². The van der Waals surface area contributed by atoms with Crippen molar-refractivity contribution in [3.05, 3.63) is 36.0 Å². The van der Waals surface area contributed by atoms with Gasteiger partial charge >= 0.3 is 0 Å². The normalized spacial score (nSPS) is 10.9. The molecule has 1 amide bonds. The SMILES string of the molecule is COc1ccccc1NC(=O)/C(C#N)=C\NCCC(C)C. The summed E-state index contributed by atoms with van der Waals surface area (Å²) in [6.45, 7) is 4.96. The average molecular weight is 287 g/mol. The van der Waals surface area contributed by atoms with Crippen molar-refractivity contribution in [2.45, 2.75) is 20.3 Å². The number of benzene rings is 1. The predicted octanol–water partition coefficient (Wildman–Crippen LogP) is 2.68. The van der Waals surface area contributed by atoms with Gasteiger partial charge in [-0.05, 0) is 24.5 Å². The molecule has 0 saturated heterocycles. The summed E-state index contributed by atoms with van der Waals surface area (Å²) in [4.78, 5) is 12.0. The highest BCUT2D eigenvalue weighted by Gasteiger charge is 2.11. The summed E-state index contributed by atoms with van der Waals surface area (Å²) in [5, 5.41) is 14.7. The number of nitriles is 1. The lowest BCUT2D eigenvalue weighted by Crippen LogP contribution is -2.18. The van der Waals surface area contributed by atoms with Crippen LogP contribution in [0.3, 0.4) is 0 Å². The standard InChI is InChI=1S/C16H21N3O2/c1-12(2)8-9-18-11-13(10-17)16(20)19-14-6-4-5-7-15(14)21-3/h4-7,11-12,18H,8-9H2,1-3H3,(H,19,20)/b13-11-. The molecule has 0 bridgehead atoms. The Balaban J connectivity index is 2.67. The Morgan fingerprint density at radius 3 is 2.76 bits per heavy atom. The van der Waals surface area contributed by atoms with Gasteiger partial charge < -0.3 is 15.4 Å². The molecule has 1 rings (SSSR count). The number of methoxy groups -OCH3 is 1. The topological polar surface area (TPSA) is 74.1 Å². The van der Waals surface area contributed by atoms with Crippen LogP contribution in [0.4, 0.5) is 5.69 Å². The van der Waals surface area contributed by atoms with Crippen molar-refractivity contribution in [3.8, 4) is 11.8 Å². The molecular weight excluding hydrogens is 266 g/mol. The van der Waals surface area contributed by atoms with Crippen molar-refractivity contribution in [1.82, 2.24) is 5.32 Å². The second-order valence-electron chi connectivity index (χ2n) is 4.96. The zero-order valence-corrected chi connectivity index (χ0v) is 12.6. The fourth-order valence-corrected chi connectivity index (χ4v) is 1.63. The summed E-state index contributed by atoms with van der Waals surface area (Å²) in [6.07, 6.45) is 2.43. The van der Waals surface area contributed by atoms with Crippen molar-refractivity contribution < 1.29 is 9.53 Å². The summed E-state index contributed by atoms with van der Waals surface area (Å²) < 4.78 is 5.15. The maximum absolute atomic E-state index is 12.0. The van der Waals surface area contributed by atoms with Crippen LogP contribution in [0.15, 0.2) is 36.0 Å². The van der Waals surface area contributed by atoms with E-state index in [1.54, 1.807) is 18.2 Å². The largest absolute Gasteiger partial charge is 0.495 e. The first-order valence-electron chi connectivity index (χ1n) is 6.86. The number of amides is 1. The van der Waals surface area contributed by atoms with Gasteiger partial charge in [0.05, 0.1) is 12.8 Å². The van der Waals surface area contributed by atoms with E-state index in [0.717, 1.165) is 13.0 Å². The third-order valence-electron chi connectivity index (χ3n) is 2.83. The lowest BCUT2D eigenvalue weighted by molar-refractivity contribution is -0.112. The molecule has 1 aromatic rings. The quantitative estimate of drug-likeness (QED) is 0.459. The van der Waals surface area contributed by atoms with Crippen LogP contribution in [0.1, 0.15) is 20.3 Å². The van der Waals surface area contributed by atoms with E-state index < -0.39 is 5.91 Å². The molecule has 0 unspecified atom stereocenters. The van der Waals surface area contributed by atoms with Gasteiger partial charge in [-0.1, -0.05) is 26.0 Å². The average Bonchev–Trinajstić information content (AvgIpc) is 2.47. The second kappa shape index (κ2) is 8.64. The van der Waals surface area contributed by atoms with E-state index in [1.165, 1.54) is 13.3 Å². The Bertz CT molecular complexity index is 545. The van der Waals surface area contributed by atoms with Gasteiger partial charge in [0, 0.05) is 12.7 Å². The molecule has 0 aliphatic heterocycles. The highest BCUT2D eigenvalue weighted by molar-refractivity contribution is 6.07. The Labute approximate surface area is 125 Å². The van der Waals surface area contributed by atoms with Crippen LogP contribution in [0.2, 0.25) is 0 Å². The van der Waals surface area contributed by atoms with E-state index in [0.29, 0.717) is 17.4 Å². The van der Waals surface area contributed by atoms with E-state index in [-0.39, 0.29) is 5.57 Å². The number of hydrogen-bond donors (Lipinski definition) is 2. The van der Waals surface area contributed by atoms with Gasteiger partial charge in [0.1, 0.15) is 17.4 Å². The summed E-state index contributed by atoms with van der Waals surface area (Å²) in [7, 11) is 1.53. The zero-order chi connectivity index (χ0) is 15.7. The van der Waals surface area contributed by atoms with E-state index in [4.69, 9.17) is 10.00 Å². The van der Waals surface area contributed by atoms with Crippen molar-refractivity contribution in [1.29, 1.82) is 5.26 Å². The third kappa shape index (κ3) is 5.57. The minimum Gasteiger partial charge on any atom is -0.495 e. The number of ether oxygens (including phenoxy) is 1. The number of carbonyl (C=O) groups excluding carboxylic acids is 1. The molecule has 112 valence electrons. The highest BCUT2D eigenvalue weighted by atomic mass is 16.5. The Hall–Kier alpha value is -2.48. The summed E-state index contributed by atoms with van der Waals surface area (Å²) in [5.74, 6) is 0.661. The summed E-state index contributed by atoms with van der Waals surface area (Å²) >= 11 is 0. The number of hydrogen-bond acceptors (Lipinski definition) is 4. The van der Waals surface area contributed by atoms with E-state index >= 15 is 0 Å². The summed E-state index contributed by atoms with van der Waals surface area (Å²) in [5.41, 5.74) is 0.568.